The van der Waals surface area contributed by atoms with Crippen LogP contribution in [0, 0.1) is 6.92 Å². The molecule has 0 aliphatic carbocycles. The number of carboxylic acids is 1. The SMILES string of the molecule is Cc1ccc(C=CC(=O)NC(C)c2nc(C(=O)O)cs2)s1. The number of carbonyl (C=O) groups is 2. The number of thiazole rings is 1. The third kappa shape index (κ3) is 4.24. The zero-order chi connectivity index (χ0) is 15.4. The van der Waals surface area contributed by atoms with Crippen LogP contribution in [0.15, 0.2) is 23.6 Å². The van der Waals surface area contributed by atoms with Gasteiger partial charge in [0.25, 0.3) is 0 Å². The van der Waals surface area contributed by atoms with Gasteiger partial charge in [0.05, 0.1) is 6.04 Å². The van der Waals surface area contributed by atoms with E-state index >= 15 is 0 Å². The zero-order valence-electron chi connectivity index (χ0n) is 11.5. The van der Waals surface area contributed by atoms with Gasteiger partial charge in [-0.2, -0.15) is 0 Å². The summed E-state index contributed by atoms with van der Waals surface area (Å²) < 4.78 is 0. The van der Waals surface area contributed by atoms with Gasteiger partial charge in [-0.1, -0.05) is 0 Å². The molecular formula is C14H14N2O3S2. The first-order valence-electron chi connectivity index (χ1n) is 6.19. The molecule has 2 aromatic heterocycles. The standard InChI is InChI=1S/C14H14N2O3S2/c1-8-3-4-10(21-8)5-6-12(17)15-9(2)13-16-11(7-20-13)14(18)19/h3-7,9H,1-2H3,(H,15,17)(H,18,19). The summed E-state index contributed by atoms with van der Waals surface area (Å²) in [5, 5.41) is 13.6. The number of rotatable bonds is 5. The Hall–Kier alpha value is -1.99. The molecule has 1 amide bonds. The maximum Gasteiger partial charge on any atom is 0.355 e. The molecule has 2 rings (SSSR count). The average Bonchev–Trinajstić information content (AvgIpc) is 3.05. The van der Waals surface area contributed by atoms with E-state index in [1.54, 1.807) is 24.3 Å². The third-order valence-corrected chi connectivity index (χ3v) is 4.62. The molecule has 110 valence electrons. The Morgan fingerprint density at radius 1 is 1.43 bits per heavy atom. The van der Waals surface area contributed by atoms with Crippen molar-refractivity contribution in [2.24, 2.45) is 0 Å². The lowest BCUT2D eigenvalue weighted by atomic mass is 10.3. The molecule has 0 radical (unpaired) electrons. The van der Waals surface area contributed by atoms with Gasteiger partial charge in [0.2, 0.25) is 5.91 Å². The molecule has 0 saturated carbocycles. The van der Waals surface area contributed by atoms with E-state index in [0.717, 1.165) is 4.88 Å². The van der Waals surface area contributed by atoms with Crippen LogP contribution in [0.2, 0.25) is 0 Å². The first kappa shape index (κ1) is 15.4. The predicted octanol–water partition coefficient (Wildman–Crippen LogP) is 3.10. The molecule has 0 aliphatic rings. The second-order valence-electron chi connectivity index (χ2n) is 4.39. The Labute approximate surface area is 130 Å². The largest absolute Gasteiger partial charge is 0.476 e. The molecule has 0 aliphatic heterocycles. The van der Waals surface area contributed by atoms with Crippen molar-refractivity contribution in [3.8, 4) is 0 Å². The summed E-state index contributed by atoms with van der Waals surface area (Å²) in [7, 11) is 0. The number of aromatic carboxylic acids is 1. The van der Waals surface area contributed by atoms with E-state index in [4.69, 9.17) is 5.11 Å². The molecule has 7 heteroatoms. The Kier molecular flexibility index (Phi) is 4.87. The third-order valence-electron chi connectivity index (χ3n) is 2.63. The highest BCUT2D eigenvalue weighted by Crippen LogP contribution is 2.19. The molecule has 2 N–H and O–H groups in total. The minimum Gasteiger partial charge on any atom is -0.476 e. The van der Waals surface area contributed by atoms with Crippen LogP contribution in [0.3, 0.4) is 0 Å². The van der Waals surface area contributed by atoms with Crippen molar-refractivity contribution in [2.75, 3.05) is 0 Å². The quantitative estimate of drug-likeness (QED) is 0.829. The summed E-state index contributed by atoms with van der Waals surface area (Å²) in [6.45, 7) is 3.78. The van der Waals surface area contributed by atoms with E-state index in [1.165, 1.54) is 27.7 Å². The van der Waals surface area contributed by atoms with Crippen LogP contribution < -0.4 is 5.32 Å². The van der Waals surface area contributed by atoms with Crippen LogP contribution >= 0.6 is 22.7 Å². The fraction of sp³-hybridized carbons (Fsp3) is 0.214. The number of nitrogens with zero attached hydrogens (tertiary/aromatic N) is 1. The first-order chi connectivity index (χ1) is 9.95. The second-order valence-corrected chi connectivity index (χ2v) is 6.60. The van der Waals surface area contributed by atoms with Crippen LogP contribution in [0.5, 0.6) is 0 Å². The minimum absolute atomic E-state index is 0.000650. The van der Waals surface area contributed by atoms with Gasteiger partial charge in [-0.05, 0) is 32.1 Å². The number of thiophene rings is 1. The van der Waals surface area contributed by atoms with Crippen molar-refractivity contribution in [1.29, 1.82) is 0 Å². The minimum atomic E-state index is -1.07. The van der Waals surface area contributed by atoms with Gasteiger partial charge in [0.15, 0.2) is 5.69 Å². The van der Waals surface area contributed by atoms with Crippen molar-refractivity contribution in [2.45, 2.75) is 19.9 Å². The number of aryl methyl sites for hydroxylation is 1. The lowest BCUT2D eigenvalue weighted by molar-refractivity contribution is -0.117. The summed E-state index contributed by atoms with van der Waals surface area (Å²) in [6.07, 6.45) is 3.22. The molecule has 0 saturated heterocycles. The lowest BCUT2D eigenvalue weighted by Crippen LogP contribution is -2.24. The van der Waals surface area contributed by atoms with Crippen LogP contribution in [-0.2, 0) is 4.79 Å². The number of nitrogens with one attached hydrogen (secondary N) is 1. The Morgan fingerprint density at radius 2 is 2.19 bits per heavy atom. The number of carbonyl (C=O) groups excluding carboxylic acids is 1. The first-order valence-corrected chi connectivity index (χ1v) is 7.89. The average molecular weight is 322 g/mol. The monoisotopic (exact) mass is 322 g/mol. The Balaban J connectivity index is 1.95. The van der Waals surface area contributed by atoms with Gasteiger partial charge in [0, 0.05) is 21.2 Å². The highest BCUT2D eigenvalue weighted by molar-refractivity contribution is 7.12. The van der Waals surface area contributed by atoms with Crippen LogP contribution in [-0.4, -0.2) is 22.0 Å². The molecule has 1 atom stereocenters. The lowest BCUT2D eigenvalue weighted by Gasteiger charge is -2.08. The predicted molar refractivity (Wildman–Crippen MR) is 83.7 cm³/mol. The molecule has 0 spiro atoms. The number of hydrogen-bond acceptors (Lipinski definition) is 5. The highest BCUT2D eigenvalue weighted by Gasteiger charge is 2.14. The molecule has 0 bridgehead atoms. The molecule has 5 nitrogen and oxygen atoms in total. The molecular weight excluding hydrogens is 308 g/mol. The smallest absolute Gasteiger partial charge is 0.355 e. The van der Waals surface area contributed by atoms with E-state index in [0.29, 0.717) is 5.01 Å². The van der Waals surface area contributed by atoms with Crippen LogP contribution in [0.4, 0.5) is 0 Å². The van der Waals surface area contributed by atoms with Crippen molar-refractivity contribution in [3.05, 3.63) is 44.0 Å². The summed E-state index contributed by atoms with van der Waals surface area (Å²) in [6, 6.07) is 3.62. The van der Waals surface area contributed by atoms with Crippen molar-refractivity contribution < 1.29 is 14.7 Å². The summed E-state index contributed by atoms with van der Waals surface area (Å²) in [4.78, 5) is 28.7. The van der Waals surface area contributed by atoms with E-state index in [2.05, 4.69) is 10.3 Å². The Bertz CT molecular complexity index is 688. The number of hydrogen-bond donors (Lipinski definition) is 2. The number of carboxylic acid groups (broad SMARTS) is 1. The Morgan fingerprint density at radius 3 is 2.76 bits per heavy atom. The summed E-state index contributed by atoms with van der Waals surface area (Å²) >= 11 is 2.83. The number of amides is 1. The van der Waals surface area contributed by atoms with Gasteiger partial charge in [-0.15, -0.1) is 22.7 Å². The van der Waals surface area contributed by atoms with Gasteiger partial charge >= 0.3 is 5.97 Å². The molecule has 1 unspecified atom stereocenters. The van der Waals surface area contributed by atoms with Crippen molar-refractivity contribution >= 4 is 40.6 Å². The van der Waals surface area contributed by atoms with Gasteiger partial charge in [-0.3, -0.25) is 4.79 Å². The van der Waals surface area contributed by atoms with Gasteiger partial charge in [-0.25, -0.2) is 9.78 Å². The van der Waals surface area contributed by atoms with E-state index in [1.807, 2.05) is 19.1 Å². The summed E-state index contributed by atoms with van der Waals surface area (Å²) in [5.74, 6) is -1.30. The van der Waals surface area contributed by atoms with E-state index in [9.17, 15) is 9.59 Å². The fourth-order valence-electron chi connectivity index (χ4n) is 1.61. The molecule has 21 heavy (non-hydrogen) atoms. The molecule has 2 heterocycles. The molecule has 2 aromatic rings. The fourth-order valence-corrected chi connectivity index (χ4v) is 3.19. The van der Waals surface area contributed by atoms with Crippen LogP contribution in [0.25, 0.3) is 6.08 Å². The van der Waals surface area contributed by atoms with Crippen LogP contribution in [0.1, 0.15) is 38.2 Å². The van der Waals surface area contributed by atoms with Crippen molar-refractivity contribution in [3.63, 3.8) is 0 Å². The van der Waals surface area contributed by atoms with E-state index in [-0.39, 0.29) is 17.6 Å². The summed E-state index contributed by atoms with van der Waals surface area (Å²) in [5.41, 5.74) is 0.000650. The van der Waals surface area contributed by atoms with Crippen molar-refractivity contribution in [1.82, 2.24) is 10.3 Å². The second kappa shape index (κ2) is 6.64. The molecule has 0 fully saturated rings. The number of aromatic nitrogens is 1. The molecule has 0 aromatic carbocycles. The van der Waals surface area contributed by atoms with Gasteiger partial charge < -0.3 is 10.4 Å². The normalized spacial score (nSPS) is 12.5. The topological polar surface area (TPSA) is 79.3 Å². The maximum absolute atomic E-state index is 11.8. The zero-order valence-corrected chi connectivity index (χ0v) is 13.1. The maximum atomic E-state index is 11.8. The highest BCUT2D eigenvalue weighted by atomic mass is 32.1. The van der Waals surface area contributed by atoms with Gasteiger partial charge in [0.1, 0.15) is 5.01 Å². The van der Waals surface area contributed by atoms with E-state index < -0.39 is 5.97 Å².